The average molecular weight is 510 g/mol. The highest BCUT2D eigenvalue weighted by Crippen LogP contribution is 2.24. The SMILES string of the molecule is CCCCn1c(CN(CC=Cc2cc(OC)cc(OC)c2)CCc2ccccc2)cnc1-c1ccccc1. The topological polar surface area (TPSA) is 39.5 Å². The quantitative estimate of drug-likeness (QED) is 0.181. The van der Waals surface area contributed by atoms with Crippen molar-refractivity contribution in [2.45, 2.75) is 39.3 Å². The molecular formula is C33H39N3O2. The Labute approximate surface area is 227 Å². The van der Waals surface area contributed by atoms with E-state index < -0.39 is 0 Å². The van der Waals surface area contributed by atoms with Crippen molar-refractivity contribution in [3.63, 3.8) is 0 Å². The van der Waals surface area contributed by atoms with E-state index in [4.69, 9.17) is 14.5 Å². The maximum Gasteiger partial charge on any atom is 0.140 e. The molecule has 1 aromatic heterocycles. The number of rotatable bonds is 14. The standard InChI is InChI=1S/C33H39N3O2/c1-4-5-20-36-30(25-34-33(36)29-16-10-7-11-17-29)26-35(21-18-27-13-8-6-9-14-27)19-12-15-28-22-31(37-2)24-32(23-28)38-3/h6-17,22-25H,4-5,18-21,26H2,1-3H3. The second kappa shape index (κ2) is 14.2. The second-order valence-corrected chi connectivity index (χ2v) is 9.46. The predicted molar refractivity (Wildman–Crippen MR) is 157 cm³/mol. The molecule has 5 nitrogen and oxygen atoms in total. The normalized spacial score (nSPS) is 11.4. The Kier molecular flexibility index (Phi) is 10.2. The highest BCUT2D eigenvalue weighted by atomic mass is 16.5. The minimum absolute atomic E-state index is 0.790. The summed E-state index contributed by atoms with van der Waals surface area (Å²) >= 11 is 0. The van der Waals surface area contributed by atoms with Gasteiger partial charge in [-0.1, -0.05) is 86.2 Å². The molecule has 0 spiro atoms. The summed E-state index contributed by atoms with van der Waals surface area (Å²) < 4.78 is 13.3. The lowest BCUT2D eigenvalue weighted by atomic mass is 10.1. The summed E-state index contributed by atoms with van der Waals surface area (Å²) in [5.41, 5.74) is 4.83. The molecule has 38 heavy (non-hydrogen) atoms. The van der Waals surface area contributed by atoms with Crippen LogP contribution in [0.1, 0.15) is 36.6 Å². The van der Waals surface area contributed by atoms with Crippen LogP contribution < -0.4 is 9.47 Å². The number of hydrogen-bond acceptors (Lipinski definition) is 4. The lowest BCUT2D eigenvalue weighted by molar-refractivity contribution is 0.290. The number of benzene rings is 3. The summed E-state index contributed by atoms with van der Waals surface area (Å²) in [4.78, 5) is 7.36. The zero-order valence-electron chi connectivity index (χ0n) is 22.8. The Bertz CT molecular complexity index is 1260. The first-order valence-corrected chi connectivity index (χ1v) is 13.5. The summed E-state index contributed by atoms with van der Waals surface area (Å²) in [5, 5.41) is 0. The van der Waals surface area contributed by atoms with Crippen molar-refractivity contribution < 1.29 is 9.47 Å². The first kappa shape index (κ1) is 27.2. The molecule has 0 aliphatic heterocycles. The van der Waals surface area contributed by atoms with Crippen LogP contribution >= 0.6 is 0 Å². The second-order valence-electron chi connectivity index (χ2n) is 9.46. The largest absolute Gasteiger partial charge is 0.497 e. The van der Waals surface area contributed by atoms with Gasteiger partial charge in [-0.05, 0) is 36.1 Å². The molecule has 0 amide bonds. The Hall–Kier alpha value is -3.83. The minimum Gasteiger partial charge on any atom is -0.497 e. The third-order valence-corrected chi connectivity index (χ3v) is 6.70. The maximum atomic E-state index is 5.44. The molecule has 0 N–H and O–H groups in total. The number of hydrogen-bond donors (Lipinski definition) is 0. The van der Waals surface area contributed by atoms with Crippen molar-refractivity contribution in [3.05, 3.63) is 108 Å². The number of aromatic nitrogens is 2. The van der Waals surface area contributed by atoms with Gasteiger partial charge in [0.25, 0.3) is 0 Å². The van der Waals surface area contributed by atoms with Crippen LogP contribution in [-0.4, -0.2) is 41.8 Å². The van der Waals surface area contributed by atoms with E-state index >= 15 is 0 Å². The van der Waals surface area contributed by atoms with E-state index in [0.29, 0.717) is 0 Å². The van der Waals surface area contributed by atoms with Crippen molar-refractivity contribution in [2.75, 3.05) is 27.3 Å². The third kappa shape index (κ3) is 7.59. The van der Waals surface area contributed by atoms with Gasteiger partial charge in [0.15, 0.2) is 0 Å². The predicted octanol–water partition coefficient (Wildman–Crippen LogP) is 7.13. The fourth-order valence-corrected chi connectivity index (χ4v) is 4.58. The van der Waals surface area contributed by atoms with Gasteiger partial charge in [-0.15, -0.1) is 0 Å². The fraction of sp³-hybridized carbons (Fsp3) is 0.303. The number of unbranched alkanes of at least 4 members (excludes halogenated alkanes) is 1. The van der Waals surface area contributed by atoms with Crippen LogP contribution in [0.5, 0.6) is 11.5 Å². The Morgan fingerprint density at radius 2 is 1.58 bits per heavy atom. The lowest BCUT2D eigenvalue weighted by Gasteiger charge is -2.22. The molecule has 0 saturated carbocycles. The fourth-order valence-electron chi connectivity index (χ4n) is 4.58. The Morgan fingerprint density at radius 3 is 2.24 bits per heavy atom. The molecule has 0 bridgehead atoms. The lowest BCUT2D eigenvalue weighted by Crippen LogP contribution is -2.27. The van der Waals surface area contributed by atoms with Crippen molar-refractivity contribution in [1.29, 1.82) is 0 Å². The number of nitrogens with zero attached hydrogens (tertiary/aromatic N) is 3. The van der Waals surface area contributed by atoms with Crippen LogP contribution in [-0.2, 0) is 19.5 Å². The van der Waals surface area contributed by atoms with Crippen molar-refractivity contribution >= 4 is 6.08 Å². The smallest absolute Gasteiger partial charge is 0.140 e. The Balaban J connectivity index is 1.56. The monoisotopic (exact) mass is 509 g/mol. The minimum atomic E-state index is 0.790. The van der Waals surface area contributed by atoms with Crippen LogP contribution in [0.15, 0.2) is 91.1 Å². The van der Waals surface area contributed by atoms with E-state index in [9.17, 15) is 0 Å². The molecule has 0 fully saturated rings. The van der Waals surface area contributed by atoms with E-state index in [0.717, 1.165) is 73.9 Å². The molecular weight excluding hydrogens is 470 g/mol. The summed E-state index contributed by atoms with van der Waals surface area (Å²) in [6.07, 6.45) is 9.70. The van der Waals surface area contributed by atoms with E-state index in [2.05, 4.69) is 95.4 Å². The zero-order chi connectivity index (χ0) is 26.6. The van der Waals surface area contributed by atoms with Crippen LogP contribution in [0.2, 0.25) is 0 Å². The molecule has 4 aromatic rings. The van der Waals surface area contributed by atoms with Crippen molar-refractivity contribution in [1.82, 2.24) is 14.5 Å². The highest BCUT2D eigenvalue weighted by Gasteiger charge is 2.15. The van der Waals surface area contributed by atoms with Gasteiger partial charge < -0.3 is 14.0 Å². The third-order valence-electron chi connectivity index (χ3n) is 6.70. The van der Waals surface area contributed by atoms with Crippen LogP contribution in [0.25, 0.3) is 17.5 Å². The molecule has 3 aromatic carbocycles. The molecule has 0 saturated heterocycles. The molecule has 0 atom stereocenters. The molecule has 0 radical (unpaired) electrons. The Morgan fingerprint density at radius 1 is 0.895 bits per heavy atom. The van der Waals surface area contributed by atoms with Crippen molar-refractivity contribution in [2.24, 2.45) is 0 Å². The van der Waals surface area contributed by atoms with E-state index in [-0.39, 0.29) is 0 Å². The van der Waals surface area contributed by atoms with Gasteiger partial charge in [-0.3, -0.25) is 4.90 Å². The van der Waals surface area contributed by atoms with Crippen LogP contribution in [0.3, 0.4) is 0 Å². The van der Waals surface area contributed by atoms with Gasteiger partial charge >= 0.3 is 0 Å². The van der Waals surface area contributed by atoms with Gasteiger partial charge in [0, 0.05) is 37.8 Å². The van der Waals surface area contributed by atoms with E-state index in [1.54, 1.807) is 14.2 Å². The van der Waals surface area contributed by atoms with Crippen LogP contribution in [0, 0.1) is 0 Å². The molecule has 4 rings (SSSR count). The summed E-state index contributed by atoms with van der Waals surface area (Å²) in [7, 11) is 3.36. The maximum absolute atomic E-state index is 5.44. The molecule has 198 valence electrons. The van der Waals surface area contributed by atoms with E-state index in [1.165, 1.54) is 11.3 Å². The highest BCUT2D eigenvalue weighted by molar-refractivity contribution is 5.56. The van der Waals surface area contributed by atoms with Gasteiger partial charge in [0.2, 0.25) is 0 Å². The van der Waals surface area contributed by atoms with Gasteiger partial charge in [0.05, 0.1) is 26.1 Å². The molecule has 0 unspecified atom stereocenters. The average Bonchev–Trinajstić information content (AvgIpc) is 3.37. The van der Waals surface area contributed by atoms with Gasteiger partial charge in [0.1, 0.15) is 17.3 Å². The number of methoxy groups -OCH3 is 2. The number of imidazole rings is 1. The first-order valence-electron chi connectivity index (χ1n) is 13.5. The van der Waals surface area contributed by atoms with Gasteiger partial charge in [-0.2, -0.15) is 0 Å². The molecule has 5 heteroatoms. The molecule has 1 heterocycles. The van der Waals surface area contributed by atoms with E-state index in [1.807, 2.05) is 18.2 Å². The van der Waals surface area contributed by atoms with Crippen LogP contribution in [0.4, 0.5) is 0 Å². The summed E-state index contributed by atoms with van der Waals surface area (Å²) in [5.74, 6) is 2.63. The first-order chi connectivity index (χ1) is 18.7. The van der Waals surface area contributed by atoms with Crippen molar-refractivity contribution in [3.8, 4) is 22.9 Å². The molecule has 0 aliphatic rings. The summed E-state index contributed by atoms with van der Waals surface area (Å²) in [6, 6.07) is 27.2. The van der Waals surface area contributed by atoms with Gasteiger partial charge in [-0.25, -0.2) is 4.98 Å². The summed E-state index contributed by atoms with van der Waals surface area (Å²) in [6.45, 7) is 5.83. The molecule has 0 aliphatic carbocycles. The zero-order valence-corrected chi connectivity index (χ0v) is 22.8. The number of ether oxygens (including phenoxy) is 2.